The maximum Gasteiger partial charge on any atom is 0.333 e. The van der Waals surface area contributed by atoms with Crippen LogP contribution in [0.2, 0.25) is 0 Å². The van der Waals surface area contributed by atoms with Gasteiger partial charge < -0.3 is 19.1 Å². The lowest BCUT2D eigenvalue weighted by Gasteiger charge is -2.28. The highest BCUT2D eigenvalue weighted by Gasteiger charge is 2.35. The average molecular weight is 754 g/mol. The number of anilines is 3. The van der Waals surface area contributed by atoms with Crippen molar-refractivity contribution in [2.24, 2.45) is 0 Å². The van der Waals surface area contributed by atoms with E-state index in [1.165, 1.54) is 38.9 Å². The Morgan fingerprint density at radius 2 is 1.21 bits per heavy atom. The molecule has 6 aromatic carbocycles. The smallest absolute Gasteiger partial charge is 0.333 e. The molecule has 0 saturated heterocycles. The number of aryl methyl sites for hydroxylation is 1. The van der Waals surface area contributed by atoms with Gasteiger partial charge in [-0.1, -0.05) is 125 Å². The normalized spacial score (nSPS) is 12.8. The number of rotatable bonds is 14. The minimum Gasteiger partial charge on any atom is -0.490 e. The number of benzene rings is 6. The van der Waals surface area contributed by atoms with Crippen LogP contribution in [0.15, 0.2) is 164 Å². The molecule has 0 radical (unpaired) electrons. The third kappa shape index (κ3) is 8.31. The maximum absolute atomic E-state index is 11.9. The van der Waals surface area contributed by atoms with E-state index in [9.17, 15) is 9.59 Å². The Morgan fingerprint density at radius 3 is 1.77 bits per heavy atom. The summed E-state index contributed by atoms with van der Waals surface area (Å²) in [5.74, 6) is -0.617. The van der Waals surface area contributed by atoms with Crippen LogP contribution in [0.5, 0.6) is 5.75 Å². The average Bonchev–Trinajstić information content (AvgIpc) is 3.47. The second kappa shape index (κ2) is 16.6. The molecular formula is C51H47NO5. The Bertz CT molecular complexity index is 2410. The highest BCUT2D eigenvalue weighted by molar-refractivity contribution is 5.87. The van der Waals surface area contributed by atoms with E-state index in [0.717, 1.165) is 40.7 Å². The summed E-state index contributed by atoms with van der Waals surface area (Å²) in [5, 5.41) is 0. The molecule has 0 fully saturated rings. The van der Waals surface area contributed by atoms with Gasteiger partial charge in [0.15, 0.2) is 6.10 Å². The molecule has 0 saturated carbocycles. The highest BCUT2D eigenvalue weighted by Crippen LogP contribution is 2.50. The lowest BCUT2D eigenvalue weighted by Crippen LogP contribution is -2.30. The topological polar surface area (TPSA) is 65.1 Å². The Morgan fingerprint density at radius 1 is 0.684 bits per heavy atom. The minimum atomic E-state index is -0.815. The van der Waals surface area contributed by atoms with E-state index in [1.807, 2.05) is 24.3 Å². The van der Waals surface area contributed by atoms with E-state index in [0.29, 0.717) is 5.75 Å². The second-order valence-corrected chi connectivity index (χ2v) is 14.9. The van der Waals surface area contributed by atoms with Gasteiger partial charge >= 0.3 is 11.9 Å². The van der Waals surface area contributed by atoms with E-state index in [-0.39, 0.29) is 24.2 Å². The van der Waals surface area contributed by atoms with Crippen molar-refractivity contribution >= 4 is 29.0 Å². The summed E-state index contributed by atoms with van der Waals surface area (Å²) in [6.07, 6.45) is 1.26. The number of esters is 2. The predicted octanol–water partition coefficient (Wildman–Crippen LogP) is 12.0. The van der Waals surface area contributed by atoms with Gasteiger partial charge in [-0.15, -0.1) is 0 Å². The summed E-state index contributed by atoms with van der Waals surface area (Å²) in [4.78, 5) is 26.1. The molecule has 0 spiro atoms. The van der Waals surface area contributed by atoms with Crippen LogP contribution < -0.4 is 9.64 Å². The summed E-state index contributed by atoms with van der Waals surface area (Å²) < 4.78 is 16.5. The van der Waals surface area contributed by atoms with Crippen molar-refractivity contribution < 1.29 is 23.8 Å². The van der Waals surface area contributed by atoms with Crippen molar-refractivity contribution in [1.82, 2.24) is 0 Å². The molecule has 1 aliphatic rings. The van der Waals surface area contributed by atoms with Crippen molar-refractivity contribution in [2.45, 2.75) is 45.6 Å². The van der Waals surface area contributed by atoms with Gasteiger partial charge in [0.1, 0.15) is 19.0 Å². The zero-order chi connectivity index (χ0) is 40.1. The molecule has 0 aromatic heterocycles. The second-order valence-electron chi connectivity index (χ2n) is 14.9. The lowest BCUT2D eigenvalue weighted by atomic mass is 9.82. The molecule has 1 unspecified atom stereocenters. The number of nitrogens with zero attached hydrogens (tertiary/aromatic N) is 1. The number of hydrogen-bond acceptors (Lipinski definition) is 6. The molecule has 0 heterocycles. The third-order valence-corrected chi connectivity index (χ3v) is 10.6. The summed E-state index contributed by atoms with van der Waals surface area (Å²) in [7, 11) is 0. The van der Waals surface area contributed by atoms with Gasteiger partial charge in [0.05, 0.1) is 0 Å². The van der Waals surface area contributed by atoms with Gasteiger partial charge in [-0.25, -0.2) is 9.59 Å². The molecule has 57 heavy (non-hydrogen) atoms. The van der Waals surface area contributed by atoms with E-state index < -0.39 is 18.0 Å². The van der Waals surface area contributed by atoms with Crippen molar-refractivity contribution in [3.05, 3.63) is 181 Å². The van der Waals surface area contributed by atoms with Crippen LogP contribution in [-0.2, 0) is 30.9 Å². The first-order valence-electron chi connectivity index (χ1n) is 19.3. The lowest BCUT2D eigenvalue weighted by molar-refractivity contribution is -0.154. The van der Waals surface area contributed by atoms with Gasteiger partial charge in [0.2, 0.25) is 0 Å². The first-order valence-corrected chi connectivity index (χ1v) is 19.3. The van der Waals surface area contributed by atoms with Crippen LogP contribution in [0.3, 0.4) is 0 Å². The van der Waals surface area contributed by atoms with Crippen LogP contribution in [0.25, 0.3) is 33.4 Å². The molecule has 0 N–H and O–H groups in total. The van der Waals surface area contributed by atoms with Crippen molar-refractivity contribution in [3.63, 3.8) is 0 Å². The van der Waals surface area contributed by atoms with Crippen LogP contribution >= 0.6 is 0 Å². The molecule has 6 nitrogen and oxygen atoms in total. The first kappa shape index (κ1) is 38.6. The molecule has 0 aliphatic heterocycles. The van der Waals surface area contributed by atoms with Crippen molar-refractivity contribution in [3.8, 4) is 39.1 Å². The zero-order valence-corrected chi connectivity index (χ0v) is 33.0. The fourth-order valence-corrected chi connectivity index (χ4v) is 7.37. The maximum atomic E-state index is 11.9. The molecule has 0 bridgehead atoms. The number of ether oxygens (including phenoxy) is 3. The monoisotopic (exact) mass is 753 g/mol. The first-order chi connectivity index (χ1) is 27.5. The predicted molar refractivity (Wildman–Crippen MR) is 230 cm³/mol. The van der Waals surface area contributed by atoms with Gasteiger partial charge in [0, 0.05) is 34.1 Å². The fraction of sp³-hybridized carbons (Fsp3) is 0.176. The molecule has 1 atom stereocenters. The molecule has 7 rings (SSSR count). The molecule has 6 heteroatoms. The Labute approximate surface area is 335 Å². The Balaban J connectivity index is 1.15. The SMILES string of the molecule is C=CC(=O)OC(COC(=O)C(=C)C)COc1ccc(-c2ccc(N(c3ccc(-c4ccc(CC)cc4)cc3)c3ccc4c(c3)C(C)(C)c3ccccc3-4)cc2)cc1. The number of carbonyl (C=O) groups excluding carboxylic acids is 2. The standard InChI is InChI=1S/C51H47NO5/c1-7-35-13-15-36(16-14-35)37-17-23-40(24-18-37)52(42-27-30-46-45-11-9-10-12-47(45)51(5,6)48(46)31-42)41-25-19-38(20-26-41)39-21-28-43(29-22-39)55-32-44(57-49(53)8-2)33-56-50(54)34(3)4/h8-31,44H,2-3,7,32-33H2,1,4-6H3. The summed E-state index contributed by atoms with van der Waals surface area (Å²) >= 11 is 0. The molecule has 0 amide bonds. The van der Waals surface area contributed by atoms with Crippen LogP contribution in [0.1, 0.15) is 44.4 Å². The zero-order valence-electron chi connectivity index (χ0n) is 33.0. The van der Waals surface area contributed by atoms with Crippen LogP contribution in [0, 0.1) is 0 Å². The Kier molecular flexibility index (Phi) is 11.2. The highest BCUT2D eigenvalue weighted by atomic mass is 16.6. The summed E-state index contributed by atoms with van der Waals surface area (Å²) in [5.41, 5.74) is 14.3. The molecular weight excluding hydrogens is 707 g/mol. The quantitative estimate of drug-likeness (QED) is 0.0815. The van der Waals surface area contributed by atoms with Gasteiger partial charge in [-0.05, 0) is 112 Å². The van der Waals surface area contributed by atoms with Gasteiger partial charge in [-0.2, -0.15) is 0 Å². The summed E-state index contributed by atoms with van der Waals surface area (Å²) in [6, 6.07) is 49.5. The summed E-state index contributed by atoms with van der Waals surface area (Å²) in [6.45, 7) is 15.2. The van der Waals surface area contributed by atoms with E-state index in [2.05, 4.69) is 154 Å². The van der Waals surface area contributed by atoms with E-state index >= 15 is 0 Å². The molecule has 286 valence electrons. The van der Waals surface area contributed by atoms with Crippen LogP contribution in [-0.4, -0.2) is 31.3 Å². The van der Waals surface area contributed by atoms with Gasteiger partial charge in [-0.3, -0.25) is 0 Å². The van der Waals surface area contributed by atoms with Crippen molar-refractivity contribution in [1.29, 1.82) is 0 Å². The van der Waals surface area contributed by atoms with Gasteiger partial charge in [0.25, 0.3) is 0 Å². The number of carbonyl (C=O) groups is 2. The number of hydrogen-bond donors (Lipinski definition) is 0. The minimum absolute atomic E-state index is 0.00892. The van der Waals surface area contributed by atoms with E-state index in [1.54, 1.807) is 6.92 Å². The molecule has 6 aromatic rings. The largest absolute Gasteiger partial charge is 0.490 e. The van der Waals surface area contributed by atoms with Crippen molar-refractivity contribution in [2.75, 3.05) is 18.1 Å². The van der Waals surface area contributed by atoms with Crippen LogP contribution in [0.4, 0.5) is 17.1 Å². The Hall–Kier alpha value is -6.66. The third-order valence-electron chi connectivity index (χ3n) is 10.6. The molecule has 1 aliphatic carbocycles. The van der Waals surface area contributed by atoms with E-state index in [4.69, 9.17) is 14.2 Å². The number of fused-ring (bicyclic) bond motifs is 3. The fourth-order valence-electron chi connectivity index (χ4n) is 7.37.